The summed E-state index contributed by atoms with van der Waals surface area (Å²) >= 11 is 1.41. The molecule has 0 unspecified atom stereocenters. The van der Waals surface area contributed by atoms with Gasteiger partial charge in [0.05, 0.1) is 18.3 Å². The van der Waals surface area contributed by atoms with Gasteiger partial charge in [0.15, 0.2) is 5.13 Å². The SMILES string of the molecule is Cc1csc(NC(=O)N(C[C@@H](O)c2ccccc2)C2CC2)n1. The fourth-order valence-electron chi connectivity index (χ4n) is 2.33. The van der Waals surface area contributed by atoms with E-state index in [0.717, 1.165) is 24.1 Å². The molecule has 0 saturated heterocycles. The second kappa shape index (κ2) is 6.46. The molecule has 0 spiro atoms. The highest BCUT2D eigenvalue weighted by Crippen LogP contribution is 2.29. The van der Waals surface area contributed by atoms with Gasteiger partial charge in [-0.3, -0.25) is 5.32 Å². The number of thiazole rings is 1. The monoisotopic (exact) mass is 317 g/mol. The average molecular weight is 317 g/mol. The van der Waals surface area contributed by atoms with Crippen LogP contribution >= 0.6 is 11.3 Å². The largest absolute Gasteiger partial charge is 0.387 e. The van der Waals surface area contributed by atoms with Crippen molar-refractivity contribution in [2.75, 3.05) is 11.9 Å². The third-order valence-corrected chi connectivity index (χ3v) is 4.51. The number of amides is 2. The number of carbonyl (C=O) groups is 1. The fourth-order valence-corrected chi connectivity index (χ4v) is 3.00. The van der Waals surface area contributed by atoms with E-state index in [2.05, 4.69) is 10.3 Å². The number of aliphatic hydroxyl groups is 1. The second-order valence-electron chi connectivity index (χ2n) is 5.53. The summed E-state index contributed by atoms with van der Waals surface area (Å²) in [5.41, 5.74) is 1.72. The predicted octanol–water partition coefficient (Wildman–Crippen LogP) is 3.18. The van der Waals surface area contributed by atoms with Crippen LogP contribution < -0.4 is 5.32 Å². The molecule has 1 atom stereocenters. The first-order valence-corrected chi connectivity index (χ1v) is 8.24. The smallest absolute Gasteiger partial charge is 0.323 e. The van der Waals surface area contributed by atoms with Crippen molar-refractivity contribution < 1.29 is 9.90 Å². The molecule has 5 nitrogen and oxygen atoms in total. The van der Waals surface area contributed by atoms with Crippen molar-refractivity contribution in [1.82, 2.24) is 9.88 Å². The van der Waals surface area contributed by atoms with E-state index in [1.165, 1.54) is 11.3 Å². The zero-order valence-electron chi connectivity index (χ0n) is 12.4. The van der Waals surface area contributed by atoms with Crippen LogP contribution in [0.3, 0.4) is 0 Å². The van der Waals surface area contributed by atoms with E-state index in [-0.39, 0.29) is 12.1 Å². The maximum Gasteiger partial charge on any atom is 0.323 e. The van der Waals surface area contributed by atoms with Gasteiger partial charge in [-0.25, -0.2) is 9.78 Å². The number of nitrogens with zero attached hydrogens (tertiary/aromatic N) is 2. The summed E-state index contributed by atoms with van der Waals surface area (Å²) in [6.45, 7) is 2.19. The van der Waals surface area contributed by atoms with Crippen LogP contribution in [0.4, 0.5) is 9.93 Å². The minimum absolute atomic E-state index is 0.188. The maximum absolute atomic E-state index is 12.4. The van der Waals surface area contributed by atoms with E-state index in [1.54, 1.807) is 4.90 Å². The van der Waals surface area contributed by atoms with E-state index in [4.69, 9.17) is 0 Å². The van der Waals surface area contributed by atoms with E-state index in [1.807, 2.05) is 42.6 Å². The van der Waals surface area contributed by atoms with E-state index in [0.29, 0.717) is 11.7 Å². The molecule has 116 valence electrons. The molecule has 1 aliphatic carbocycles. The van der Waals surface area contributed by atoms with Gasteiger partial charge < -0.3 is 10.0 Å². The van der Waals surface area contributed by atoms with Crippen LogP contribution in [-0.2, 0) is 0 Å². The topological polar surface area (TPSA) is 65.5 Å². The molecule has 1 saturated carbocycles. The highest BCUT2D eigenvalue weighted by Gasteiger charge is 2.34. The highest BCUT2D eigenvalue weighted by molar-refractivity contribution is 7.13. The molecule has 1 fully saturated rings. The normalized spacial score (nSPS) is 15.4. The van der Waals surface area contributed by atoms with Crippen molar-refractivity contribution in [2.24, 2.45) is 0 Å². The van der Waals surface area contributed by atoms with Crippen molar-refractivity contribution >= 4 is 22.5 Å². The van der Waals surface area contributed by atoms with Gasteiger partial charge in [-0.2, -0.15) is 0 Å². The number of benzene rings is 1. The Labute approximate surface area is 133 Å². The maximum atomic E-state index is 12.4. The van der Waals surface area contributed by atoms with Crippen LogP contribution in [0.15, 0.2) is 35.7 Å². The van der Waals surface area contributed by atoms with Crippen LogP contribution in [0, 0.1) is 6.92 Å². The van der Waals surface area contributed by atoms with Gasteiger partial charge in [-0.15, -0.1) is 11.3 Å². The molecule has 0 aliphatic heterocycles. The Hall–Kier alpha value is -1.92. The minimum Gasteiger partial charge on any atom is -0.387 e. The molecule has 1 aliphatic rings. The molecule has 1 heterocycles. The summed E-state index contributed by atoms with van der Waals surface area (Å²) in [5, 5.41) is 15.7. The summed E-state index contributed by atoms with van der Waals surface area (Å²) < 4.78 is 0. The van der Waals surface area contributed by atoms with E-state index < -0.39 is 6.10 Å². The number of carbonyl (C=O) groups excluding carboxylic acids is 1. The van der Waals surface area contributed by atoms with Crippen molar-refractivity contribution in [3.8, 4) is 0 Å². The van der Waals surface area contributed by atoms with Gasteiger partial charge in [-0.05, 0) is 25.3 Å². The molecule has 6 heteroatoms. The van der Waals surface area contributed by atoms with E-state index >= 15 is 0 Å². The Kier molecular flexibility index (Phi) is 4.40. The number of aromatic nitrogens is 1. The molecule has 2 aromatic rings. The summed E-state index contributed by atoms with van der Waals surface area (Å²) in [5.74, 6) is 0. The van der Waals surface area contributed by atoms with Crippen molar-refractivity contribution in [3.05, 3.63) is 47.0 Å². The van der Waals surface area contributed by atoms with Crippen molar-refractivity contribution in [1.29, 1.82) is 0 Å². The molecule has 2 amide bonds. The molecule has 22 heavy (non-hydrogen) atoms. The number of aliphatic hydroxyl groups excluding tert-OH is 1. The first-order chi connectivity index (χ1) is 10.6. The van der Waals surface area contributed by atoms with Crippen LogP contribution in [-0.4, -0.2) is 33.6 Å². The Morgan fingerprint density at radius 3 is 2.77 bits per heavy atom. The van der Waals surface area contributed by atoms with Crippen molar-refractivity contribution in [3.63, 3.8) is 0 Å². The van der Waals surface area contributed by atoms with Gasteiger partial charge in [-0.1, -0.05) is 30.3 Å². The first kappa shape index (κ1) is 15.0. The lowest BCUT2D eigenvalue weighted by molar-refractivity contribution is 0.123. The van der Waals surface area contributed by atoms with Gasteiger partial charge in [0, 0.05) is 11.4 Å². The summed E-state index contributed by atoms with van der Waals surface area (Å²) in [7, 11) is 0. The summed E-state index contributed by atoms with van der Waals surface area (Å²) in [6, 6.07) is 9.46. The standard InChI is InChI=1S/C16H19N3O2S/c1-11-10-22-15(17-11)18-16(21)19(13-7-8-13)9-14(20)12-5-3-2-4-6-12/h2-6,10,13-14,20H,7-9H2,1H3,(H,17,18,21)/t14-/m1/s1. The average Bonchev–Trinajstić information content (AvgIpc) is 3.28. The molecule has 1 aromatic heterocycles. The van der Waals surface area contributed by atoms with Crippen LogP contribution in [0.1, 0.15) is 30.2 Å². The lowest BCUT2D eigenvalue weighted by atomic mass is 10.1. The Morgan fingerprint density at radius 2 is 2.18 bits per heavy atom. The summed E-state index contributed by atoms with van der Waals surface area (Å²) in [6.07, 6.45) is 1.31. The Bertz CT molecular complexity index is 640. The van der Waals surface area contributed by atoms with Crippen molar-refractivity contribution in [2.45, 2.75) is 31.9 Å². The molecule has 3 rings (SSSR count). The zero-order chi connectivity index (χ0) is 15.5. The Balaban J connectivity index is 1.66. The lowest BCUT2D eigenvalue weighted by Gasteiger charge is -2.25. The van der Waals surface area contributed by atoms with Crippen LogP contribution in [0.2, 0.25) is 0 Å². The third kappa shape index (κ3) is 3.64. The van der Waals surface area contributed by atoms with Crippen LogP contribution in [0.25, 0.3) is 0 Å². The third-order valence-electron chi connectivity index (χ3n) is 3.64. The number of nitrogens with one attached hydrogen (secondary N) is 1. The van der Waals surface area contributed by atoms with Crippen LogP contribution in [0.5, 0.6) is 0 Å². The predicted molar refractivity (Wildman–Crippen MR) is 87.0 cm³/mol. The first-order valence-electron chi connectivity index (χ1n) is 7.36. The number of anilines is 1. The number of urea groups is 1. The number of hydrogen-bond donors (Lipinski definition) is 2. The molecule has 0 radical (unpaired) electrons. The quantitative estimate of drug-likeness (QED) is 0.890. The number of rotatable bonds is 5. The van der Waals surface area contributed by atoms with Gasteiger partial charge in [0.1, 0.15) is 0 Å². The molecular weight excluding hydrogens is 298 g/mol. The molecule has 0 bridgehead atoms. The zero-order valence-corrected chi connectivity index (χ0v) is 13.2. The minimum atomic E-state index is -0.675. The molecule has 1 aromatic carbocycles. The van der Waals surface area contributed by atoms with Gasteiger partial charge in [0.2, 0.25) is 0 Å². The molecular formula is C16H19N3O2S. The Morgan fingerprint density at radius 1 is 1.45 bits per heavy atom. The second-order valence-corrected chi connectivity index (χ2v) is 6.39. The van der Waals surface area contributed by atoms with E-state index in [9.17, 15) is 9.90 Å². The van der Waals surface area contributed by atoms with Gasteiger partial charge in [0.25, 0.3) is 0 Å². The highest BCUT2D eigenvalue weighted by atomic mass is 32.1. The van der Waals surface area contributed by atoms with Gasteiger partial charge >= 0.3 is 6.03 Å². The molecule has 2 N–H and O–H groups in total. The summed E-state index contributed by atoms with van der Waals surface area (Å²) in [4.78, 5) is 18.4. The fraction of sp³-hybridized carbons (Fsp3) is 0.375. The lowest BCUT2D eigenvalue weighted by Crippen LogP contribution is -2.39. The number of hydrogen-bond acceptors (Lipinski definition) is 4. The number of aryl methyl sites for hydroxylation is 1.